The first-order valence-corrected chi connectivity index (χ1v) is 14.7. The Morgan fingerprint density at radius 3 is 2.58 bits per heavy atom. The summed E-state index contributed by atoms with van der Waals surface area (Å²) < 4.78 is 30.1. The van der Waals surface area contributed by atoms with E-state index in [0.29, 0.717) is 24.4 Å². The van der Waals surface area contributed by atoms with Gasteiger partial charge in [0.25, 0.3) is 0 Å². The van der Waals surface area contributed by atoms with Crippen LogP contribution in [-0.2, 0) is 28.5 Å². The number of carbonyl (C=O) groups is 1. The van der Waals surface area contributed by atoms with Crippen molar-refractivity contribution < 1.29 is 28.5 Å². The fourth-order valence-corrected chi connectivity index (χ4v) is 6.32. The van der Waals surface area contributed by atoms with Crippen LogP contribution in [0.1, 0.15) is 97.3 Å². The molecule has 2 aliphatic carbocycles. The molecule has 0 radical (unpaired) electrons. The van der Waals surface area contributed by atoms with E-state index in [1.54, 1.807) is 0 Å². The molecule has 0 amide bonds. The average molecular weight is 505 g/mol. The first-order valence-electron chi connectivity index (χ1n) is 14.7. The van der Waals surface area contributed by atoms with E-state index in [1.807, 2.05) is 0 Å². The van der Waals surface area contributed by atoms with Crippen molar-refractivity contribution in [2.45, 2.75) is 122 Å². The second kappa shape index (κ2) is 14.7. The molecule has 3 fully saturated rings. The Morgan fingerprint density at radius 1 is 1.11 bits per heavy atom. The van der Waals surface area contributed by atoms with E-state index in [-0.39, 0.29) is 30.8 Å². The van der Waals surface area contributed by atoms with Gasteiger partial charge in [0, 0.05) is 32.5 Å². The van der Waals surface area contributed by atoms with Gasteiger partial charge in [0.1, 0.15) is 0 Å². The van der Waals surface area contributed by atoms with E-state index < -0.39 is 0 Å². The number of allylic oxidation sites excluding steroid dienone is 1. The maximum absolute atomic E-state index is 11.2. The Morgan fingerprint density at radius 2 is 1.89 bits per heavy atom. The summed E-state index contributed by atoms with van der Waals surface area (Å²) in [4.78, 5) is 11.2. The molecule has 2 saturated heterocycles. The lowest BCUT2D eigenvalue weighted by Gasteiger charge is -2.30. The van der Waals surface area contributed by atoms with Crippen LogP contribution in [-0.4, -0.2) is 50.6 Å². The highest BCUT2D eigenvalue weighted by molar-refractivity contribution is 5.65. The molecule has 36 heavy (non-hydrogen) atoms. The third-order valence-corrected chi connectivity index (χ3v) is 8.22. The van der Waals surface area contributed by atoms with Crippen LogP contribution in [0.2, 0.25) is 0 Å². The van der Waals surface area contributed by atoms with Gasteiger partial charge in [0.05, 0.1) is 18.8 Å². The smallest absolute Gasteiger partial charge is 0.302 e. The highest BCUT2D eigenvalue weighted by Gasteiger charge is 2.45. The highest BCUT2D eigenvalue weighted by atomic mass is 16.7. The van der Waals surface area contributed by atoms with E-state index in [1.165, 1.54) is 44.6 Å². The Hall–Kier alpha value is -1.21. The molecule has 204 valence electrons. The average Bonchev–Trinajstić information content (AvgIpc) is 3.40. The Labute approximate surface area is 218 Å². The monoisotopic (exact) mass is 504 g/mol. The predicted molar refractivity (Wildman–Crippen MR) is 139 cm³/mol. The van der Waals surface area contributed by atoms with Crippen LogP contribution in [0.5, 0.6) is 0 Å². The van der Waals surface area contributed by atoms with Gasteiger partial charge in [0.15, 0.2) is 12.6 Å². The molecule has 2 heterocycles. The van der Waals surface area contributed by atoms with E-state index in [4.69, 9.17) is 23.7 Å². The fourth-order valence-electron chi connectivity index (χ4n) is 6.32. The normalized spacial score (nSPS) is 33.4. The number of carbonyl (C=O) groups excluding carboxylic acids is 1. The topological polar surface area (TPSA) is 63.2 Å². The summed E-state index contributed by atoms with van der Waals surface area (Å²) in [7, 11) is 0. The van der Waals surface area contributed by atoms with Crippen molar-refractivity contribution in [1.82, 2.24) is 0 Å². The quantitative estimate of drug-likeness (QED) is 0.162. The molecule has 0 N–H and O–H groups in total. The molecule has 7 atom stereocenters. The van der Waals surface area contributed by atoms with Crippen LogP contribution in [0.3, 0.4) is 0 Å². The molecule has 2 aliphatic heterocycles. The maximum atomic E-state index is 11.2. The summed E-state index contributed by atoms with van der Waals surface area (Å²) in [6.45, 7) is 5.81. The van der Waals surface area contributed by atoms with E-state index in [2.05, 4.69) is 25.2 Å². The Bertz CT molecular complexity index is 721. The van der Waals surface area contributed by atoms with Crippen molar-refractivity contribution in [3.8, 4) is 0 Å². The van der Waals surface area contributed by atoms with Crippen LogP contribution in [0.4, 0.5) is 0 Å². The number of hydrogen-bond donors (Lipinski definition) is 0. The lowest BCUT2D eigenvalue weighted by Crippen LogP contribution is -2.31. The highest BCUT2D eigenvalue weighted by Crippen LogP contribution is 2.49. The zero-order chi connectivity index (χ0) is 25.2. The number of rotatable bonds is 13. The van der Waals surface area contributed by atoms with Crippen LogP contribution < -0.4 is 0 Å². The third kappa shape index (κ3) is 8.41. The molecule has 6 heteroatoms. The van der Waals surface area contributed by atoms with E-state index >= 15 is 0 Å². The van der Waals surface area contributed by atoms with Gasteiger partial charge in [-0.25, -0.2) is 0 Å². The number of esters is 1. The van der Waals surface area contributed by atoms with Crippen LogP contribution in [0.15, 0.2) is 23.8 Å². The lowest BCUT2D eigenvalue weighted by molar-refractivity contribution is -0.193. The van der Waals surface area contributed by atoms with Crippen molar-refractivity contribution in [3.05, 3.63) is 23.8 Å². The molecule has 4 aliphatic rings. The fraction of sp³-hybridized carbons (Fsp3) is 0.833. The zero-order valence-corrected chi connectivity index (χ0v) is 22.5. The van der Waals surface area contributed by atoms with Gasteiger partial charge in [-0.2, -0.15) is 0 Å². The minimum atomic E-state index is -0.202. The van der Waals surface area contributed by atoms with Crippen LogP contribution >= 0.6 is 0 Å². The number of fused-ring (bicyclic) bond motifs is 1. The Balaban J connectivity index is 1.42. The van der Waals surface area contributed by atoms with Crippen molar-refractivity contribution in [2.24, 2.45) is 17.8 Å². The van der Waals surface area contributed by atoms with Gasteiger partial charge in [0.2, 0.25) is 0 Å². The minimum Gasteiger partial charge on any atom is -0.466 e. The first-order chi connectivity index (χ1) is 17.6. The van der Waals surface area contributed by atoms with Gasteiger partial charge in [-0.05, 0) is 69.6 Å². The van der Waals surface area contributed by atoms with Gasteiger partial charge in [-0.15, -0.1) is 0 Å². The molecular weight excluding hydrogens is 456 g/mol. The van der Waals surface area contributed by atoms with Crippen molar-refractivity contribution >= 4 is 5.97 Å². The molecule has 3 unspecified atom stereocenters. The number of hydrogen-bond acceptors (Lipinski definition) is 6. The summed E-state index contributed by atoms with van der Waals surface area (Å²) in [5.74, 6) is 1.19. The van der Waals surface area contributed by atoms with Crippen molar-refractivity contribution in [1.29, 1.82) is 0 Å². The number of unbranched alkanes of at least 4 members (excludes halogenated alkanes) is 2. The van der Waals surface area contributed by atoms with Crippen molar-refractivity contribution in [2.75, 3.05) is 19.8 Å². The molecule has 0 aromatic heterocycles. The lowest BCUT2D eigenvalue weighted by atomic mass is 9.88. The largest absolute Gasteiger partial charge is 0.466 e. The summed E-state index contributed by atoms with van der Waals surface area (Å²) in [5.41, 5.74) is 1.42. The SMILES string of the molecule is CCCCCC(C=C[C@H]1[C@H]2CC(CCOC(C)=O)=C[C@@H]2C[C@@H]1OC1CCCCO1)OC1CCCCO1. The molecule has 6 nitrogen and oxygen atoms in total. The molecule has 0 aromatic rings. The molecule has 0 aromatic carbocycles. The molecule has 0 bridgehead atoms. The molecular formula is C30H48O6. The standard InChI is InChI=1S/C30H48O6/c1-3-4-5-10-25(35-29-11-6-8-16-33-29)13-14-26-27-20-23(15-18-32-22(2)31)19-24(27)21-28(26)36-30-12-7-9-17-34-30/h13-14,19,24-30H,3-12,15-18,20-21H2,1-2H3/t24-,25?,26+,27+,28+,29?,30?/m1/s1. The summed E-state index contributed by atoms with van der Waals surface area (Å²) in [5, 5.41) is 0. The van der Waals surface area contributed by atoms with Gasteiger partial charge in [-0.3, -0.25) is 4.79 Å². The molecule has 0 spiro atoms. The summed E-state index contributed by atoms with van der Waals surface area (Å²) in [6, 6.07) is 0. The van der Waals surface area contributed by atoms with Gasteiger partial charge >= 0.3 is 5.97 Å². The van der Waals surface area contributed by atoms with Crippen LogP contribution in [0, 0.1) is 17.8 Å². The summed E-state index contributed by atoms with van der Waals surface area (Å²) >= 11 is 0. The second-order valence-electron chi connectivity index (χ2n) is 11.1. The van der Waals surface area contributed by atoms with E-state index in [0.717, 1.165) is 64.6 Å². The Kier molecular flexibility index (Phi) is 11.3. The molecule has 1 saturated carbocycles. The molecule has 4 rings (SSSR count). The first kappa shape index (κ1) is 27.8. The zero-order valence-electron chi connectivity index (χ0n) is 22.5. The van der Waals surface area contributed by atoms with E-state index in [9.17, 15) is 4.79 Å². The number of ether oxygens (including phenoxy) is 5. The van der Waals surface area contributed by atoms with Gasteiger partial charge < -0.3 is 23.7 Å². The summed E-state index contributed by atoms with van der Waals surface area (Å²) in [6.07, 6.45) is 21.5. The van der Waals surface area contributed by atoms with Crippen molar-refractivity contribution in [3.63, 3.8) is 0 Å². The van der Waals surface area contributed by atoms with Gasteiger partial charge in [-0.1, -0.05) is 50.0 Å². The predicted octanol–water partition coefficient (Wildman–Crippen LogP) is 6.48. The maximum Gasteiger partial charge on any atom is 0.302 e. The van der Waals surface area contributed by atoms with Crippen LogP contribution in [0.25, 0.3) is 0 Å². The third-order valence-electron chi connectivity index (χ3n) is 8.22. The minimum absolute atomic E-state index is 0.0712. The second-order valence-corrected chi connectivity index (χ2v) is 11.1.